The molecule has 2 aromatic heterocycles. The fraction of sp³-hybridized carbons (Fsp3) is 0.455. The molecule has 1 aliphatic rings. The number of fused-ring (bicyclic) bond motifs is 1. The van der Waals surface area contributed by atoms with Crippen molar-refractivity contribution in [3.8, 4) is 0 Å². The van der Waals surface area contributed by atoms with E-state index in [1.807, 2.05) is 11.8 Å². The van der Waals surface area contributed by atoms with E-state index in [4.69, 9.17) is 14.7 Å². The van der Waals surface area contributed by atoms with E-state index >= 15 is 0 Å². The number of thiophene rings is 1. The zero-order valence-corrected chi connectivity index (χ0v) is 18.7. The Morgan fingerprint density at radius 1 is 1.11 bits per heavy atom. The van der Waals surface area contributed by atoms with Crippen LogP contribution in [-0.2, 0) is 17.0 Å². The lowest BCUT2D eigenvalue weighted by Gasteiger charge is -2.25. The first-order valence-corrected chi connectivity index (χ1v) is 11.6. The van der Waals surface area contributed by atoms with Crippen molar-refractivity contribution in [1.29, 1.82) is 0 Å². The molecule has 0 aliphatic carbocycles. The molecule has 1 aromatic carbocycles. The van der Waals surface area contributed by atoms with Crippen molar-refractivity contribution < 1.29 is 4.74 Å². The highest BCUT2D eigenvalue weighted by Gasteiger charge is 2.18. The fourth-order valence-electron chi connectivity index (χ4n) is 3.49. The van der Waals surface area contributed by atoms with Crippen molar-refractivity contribution in [3.05, 3.63) is 51.2 Å². The topological polar surface area (TPSA) is 38.2 Å². The molecule has 1 aliphatic heterocycles. The van der Waals surface area contributed by atoms with Crippen LogP contribution in [0.4, 0.5) is 0 Å². The molecule has 0 N–H and O–H groups in total. The van der Waals surface area contributed by atoms with Gasteiger partial charge in [0.1, 0.15) is 15.7 Å². The number of hydrogen-bond donors (Lipinski definition) is 0. The molecule has 28 heavy (non-hydrogen) atoms. The van der Waals surface area contributed by atoms with Gasteiger partial charge in [-0.15, -0.1) is 23.1 Å². The monoisotopic (exact) mass is 413 g/mol. The van der Waals surface area contributed by atoms with Crippen molar-refractivity contribution in [2.75, 3.05) is 26.3 Å². The van der Waals surface area contributed by atoms with Crippen LogP contribution in [0.1, 0.15) is 33.0 Å². The Balaban J connectivity index is 1.65. The second kappa shape index (κ2) is 8.49. The molecule has 4 nitrogen and oxygen atoms in total. The molecule has 0 saturated carbocycles. The van der Waals surface area contributed by atoms with Crippen molar-refractivity contribution in [2.24, 2.45) is 0 Å². The number of aryl methyl sites for hydroxylation is 4. The molecule has 1 fully saturated rings. The van der Waals surface area contributed by atoms with Crippen LogP contribution >= 0.6 is 23.1 Å². The Morgan fingerprint density at radius 2 is 1.89 bits per heavy atom. The molecule has 0 atom stereocenters. The number of thioether (sulfide) groups is 1. The van der Waals surface area contributed by atoms with Gasteiger partial charge in [0, 0.05) is 29.1 Å². The van der Waals surface area contributed by atoms with Gasteiger partial charge in [-0.25, -0.2) is 9.97 Å². The third kappa shape index (κ3) is 4.25. The number of nitrogens with zero attached hydrogens (tertiary/aromatic N) is 3. The summed E-state index contributed by atoms with van der Waals surface area (Å²) < 4.78 is 5.47. The standard InChI is InChI=1S/C22H27N3OS2/c1-14-5-6-15(2)18(11-14)13-27-21-20-16(3)17(4)28-22(20)24-19(23-21)12-25-7-9-26-10-8-25/h5-6,11H,7-10,12-13H2,1-4H3. The van der Waals surface area contributed by atoms with Gasteiger partial charge in [0.25, 0.3) is 0 Å². The SMILES string of the molecule is Cc1ccc(C)c(CSc2nc(CN3CCOCC3)nc3sc(C)c(C)c23)c1. The van der Waals surface area contributed by atoms with E-state index in [9.17, 15) is 0 Å². The number of benzene rings is 1. The van der Waals surface area contributed by atoms with E-state index in [1.165, 1.54) is 32.5 Å². The molecular weight excluding hydrogens is 386 g/mol. The molecule has 3 heterocycles. The summed E-state index contributed by atoms with van der Waals surface area (Å²) in [6.07, 6.45) is 0. The second-order valence-corrected chi connectivity index (χ2v) is 9.68. The van der Waals surface area contributed by atoms with E-state index in [0.29, 0.717) is 0 Å². The summed E-state index contributed by atoms with van der Waals surface area (Å²) in [4.78, 5) is 14.8. The average Bonchev–Trinajstić information content (AvgIpc) is 2.97. The maximum Gasteiger partial charge on any atom is 0.145 e. The van der Waals surface area contributed by atoms with Crippen LogP contribution in [0.25, 0.3) is 10.2 Å². The van der Waals surface area contributed by atoms with Crippen molar-refractivity contribution in [1.82, 2.24) is 14.9 Å². The Kier molecular flexibility index (Phi) is 6.01. The van der Waals surface area contributed by atoms with Crippen LogP contribution in [0.5, 0.6) is 0 Å². The Labute approximate surface area is 175 Å². The molecular formula is C22H27N3OS2. The summed E-state index contributed by atoms with van der Waals surface area (Å²) >= 11 is 3.63. The second-order valence-electron chi connectivity index (χ2n) is 7.52. The Morgan fingerprint density at radius 3 is 2.68 bits per heavy atom. The summed E-state index contributed by atoms with van der Waals surface area (Å²) in [6.45, 7) is 13.0. The van der Waals surface area contributed by atoms with Gasteiger partial charge < -0.3 is 4.74 Å². The summed E-state index contributed by atoms with van der Waals surface area (Å²) in [6, 6.07) is 6.69. The minimum Gasteiger partial charge on any atom is -0.379 e. The lowest BCUT2D eigenvalue weighted by atomic mass is 10.1. The van der Waals surface area contributed by atoms with Crippen LogP contribution < -0.4 is 0 Å². The van der Waals surface area contributed by atoms with Gasteiger partial charge in [0.05, 0.1) is 19.8 Å². The molecule has 0 radical (unpaired) electrons. The molecule has 4 rings (SSSR count). The maximum absolute atomic E-state index is 5.47. The van der Waals surface area contributed by atoms with Gasteiger partial charge in [0.15, 0.2) is 0 Å². The predicted molar refractivity (Wildman–Crippen MR) is 118 cm³/mol. The van der Waals surface area contributed by atoms with Crippen LogP contribution in [0.2, 0.25) is 0 Å². The van der Waals surface area contributed by atoms with Crippen LogP contribution in [0.3, 0.4) is 0 Å². The number of morpholine rings is 1. The predicted octanol–water partition coefficient (Wildman–Crippen LogP) is 5.05. The van der Waals surface area contributed by atoms with Crippen molar-refractivity contribution in [2.45, 2.75) is 45.0 Å². The van der Waals surface area contributed by atoms with E-state index in [2.05, 4.69) is 50.8 Å². The van der Waals surface area contributed by atoms with E-state index in [0.717, 1.165) is 54.3 Å². The first-order chi connectivity index (χ1) is 13.5. The minimum absolute atomic E-state index is 0.798. The summed E-state index contributed by atoms with van der Waals surface area (Å²) in [7, 11) is 0. The smallest absolute Gasteiger partial charge is 0.145 e. The molecule has 0 amide bonds. The van der Waals surface area contributed by atoms with E-state index in [1.54, 1.807) is 11.3 Å². The summed E-state index contributed by atoms with van der Waals surface area (Å²) in [5.74, 6) is 1.87. The number of aromatic nitrogens is 2. The van der Waals surface area contributed by atoms with Gasteiger partial charge in [-0.2, -0.15) is 0 Å². The van der Waals surface area contributed by atoms with Gasteiger partial charge in [-0.3, -0.25) is 4.90 Å². The highest BCUT2D eigenvalue weighted by Crippen LogP contribution is 2.36. The Bertz CT molecular complexity index is 993. The average molecular weight is 414 g/mol. The maximum atomic E-state index is 5.47. The van der Waals surface area contributed by atoms with Crippen LogP contribution in [-0.4, -0.2) is 41.2 Å². The molecule has 0 bridgehead atoms. The lowest BCUT2D eigenvalue weighted by molar-refractivity contribution is 0.0330. The molecule has 0 spiro atoms. The molecule has 148 valence electrons. The third-order valence-corrected chi connectivity index (χ3v) is 7.50. The summed E-state index contributed by atoms with van der Waals surface area (Å²) in [5, 5.41) is 2.36. The molecule has 3 aromatic rings. The van der Waals surface area contributed by atoms with Crippen LogP contribution in [0.15, 0.2) is 23.2 Å². The van der Waals surface area contributed by atoms with Gasteiger partial charge in [-0.05, 0) is 44.4 Å². The number of rotatable bonds is 5. The van der Waals surface area contributed by atoms with Gasteiger partial charge >= 0.3 is 0 Å². The minimum atomic E-state index is 0.798. The highest BCUT2D eigenvalue weighted by atomic mass is 32.2. The van der Waals surface area contributed by atoms with Crippen LogP contribution in [0, 0.1) is 27.7 Å². The zero-order chi connectivity index (χ0) is 19.7. The van der Waals surface area contributed by atoms with Crippen molar-refractivity contribution >= 4 is 33.3 Å². The van der Waals surface area contributed by atoms with Gasteiger partial charge in [0.2, 0.25) is 0 Å². The van der Waals surface area contributed by atoms with E-state index in [-0.39, 0.29) is 0 Å². The van der Waals surface area contributed by atoms with Gasteiger partial charge in [-0.1, -0.05) is 23.8 Å². The molecule has 1 saturated heterocycles. The highest BCUT2D eigenvalue weighted by molar-refractivity contribution is 7.98. The molecule has 0 unspecified atom stereocenters. The quantitative estimate of drug-likeness (QED) is 0.432. The summed E-state index contributed by atoms with van der Waals surface area (Å²) in [5.41, 5.74) is 5.36. The largest absolute Gasteiger partial charge is 0.379 e. The normalized spacial score (nSPS) is 15.4. The zero-order valence-electron chi connectivity index (χ0n) is 17.0. The number of hydrogen-bond acceptors (Lipinski definition) is 6. The fourth-order valence-corrected chi connectivity index (χ4v) is 5.77. The number of ether oxygens (including phenoxy) is 1. The third-order valence-electron chi connectivity index (χ3n) is 5.38. The first-order valence-electron chi connectivity index (χ1n) is 9.77. The first kappa shape index (κ1) is 19.8. The lowest BCUT2D eigenvalue weighted by Crippen LogP contribution is -2.36. The van der Waals surface area contributed by atoms with E-state index < -0.39 is 0 Å². The molecule has 6 heteroatoms. The van der Waals surface area contributed by atoms with Crippen molar-refractivity contribution in [3.63, 3.8) is 0 Å². The Hall–Kier alpha value is -1.47.